The fraction of sp³-hybridized carbons (Fsp3) is 0.435. The third-order valence-corrected chi connectivity index (χ3v) is 4.81. The Bertz CT molecular complexity index is 804. The van der Waals surface area contributed by atoms with Crippen molar-refractivity contribution in [3.05, 3.63) is 63.7 Å². The molecular weight excluding hydrogens is 370 g/mol. The third-order valence-electron chi connectivity index (χ3n) is 4.81. The number of unbranched alkanes of at least 4 members (excludes halogenated alkanes) is 7. The highest BCUT2D eigenvalue weighted by Gasteiger charge is 2.23. The van der Waals surface area contributed by atoms with Crippen molar-refractivity contribution in [1.29, 1.82) is 0 Å². The Morgan fingerprint density at radius 1 is 1.00 bits per heavy atom. The van der Waals surface area contributed by atoms with Crippen LogP contribution in [0, 0.1) is 10.1 Å². The zero-order valence-corrected chi connectivity index (χ0v) is 16.9. The number of nitrogens with zero attached hydrogens (tertiary/aromatic N) is 1. The van der Waals surface area contributed by atoms with Crippen molar-refractivity contribution in [3.8, 4) is 11.5 Å². The molecule has 156 valence electrons. The van der Waals surface area contributed by atoms with Crippen LogP contribution in [0.5, 0.6) is 11.5 Å². The quantitative estimate of drug-likeness (QED) is 0.192. The Morgan fingerprint density at radius 3 is 2.24 bits per heavy atom. The van der Waals surface area contributed by atoms with E-state index in [4.69, 9.17) is 4.74 Å². The number of carbonyl (C=O) groups is 1. The Labute approximate surface area is 171 Å². The average molecular weight is 399 g/mol. The van der Waals surface area contributed by atoms with Crippen LogP contribution in [0.3, 0.4) is 0 Å². The molecule has 0 spiro atoms. The number of carbonyl (C=O) groups excluding carboxylic acids is 1. The van der Waals surface area contributed by atoms with E-state index < -0.39 is 10.7 Å². The van der Waals surface area contributed by atoms with Gasteiger partial charge in [0.25, 0.3) is 0 Å². The predicted molar refractivity (Wildman–Crippen MR) is 113 cm³/mol. The molecule has 1 N–H and O–H groups in total. The molecule has 0 aromatic heterocycles. The van der Waals surface area contributed by atoms with Gasteiger partial charge in [0.05, 0.1) is 17.1 Å². The number of benzene rings is 2. The van der Waals surface area contributed by atoms with Crippen LogP contribution in [0.25, 0.3) is 0 Å². The SMILES string of the molecule is CCCCCCCCCCOc1cc(O)c(C(=O)c2ccccc2)cc1[N+](=O)[O-]. The second-order valence-electron chi connectivity index (χ2n) is 7.11. The van der Waals surface area contributed by atoms with Crippen LogP contribution in [0.1, 0.15) is 74.2 Å². The first kappa shape index (κ1) is 22.4. The van der Waals surface area contributed by atoms with E-state index in [1.54, 1.807) is 30.3 Å². The van der Waals surface area contributed by atoms with E-state index in [1.807, 2.05) is 0 Å². The molecule has 2 rings (SSSR count). The second kappa shape index (κ2) is 11.8. The van der Waals surface area contributed by atoms with Crippen molar-refractivity contribution >= 4 is 11.5 Å². The molecule has 0 heterocycles. The summed E-state index contributed by atoms with van der Waals surface area (Å²) in [7, 11) is 0. The van der Waals surface area contributed by atoms with Gasteiger partial charge in [-0.25, -0.2) is 0 Å². The minimum atomic E-state index is -0.593. The van der Waals surface area contributed by atoms with Gasteiger partial charge in [0.2, 0.25) is 5.75 Å². The second-order valence-corrected chi connectivity index (χ2v) is 7.11. The lowest BCUT2D eigenvalue weighted by Crippen LogP contribution is -2.05. The number of ketones is 1. The fourth-order valence-corrected chi connectivity index (χ4v) is 3.16. The minimum absolute atomic E-state index is 0.0138. The molecule has 0 unspecified atom stereocenters. The van der Waals surface area contributed by atoms with Gasteiger partial charge in [0, 0.05) is 17.7 Å². The van der Waals surface area contributed by atoms with E-state index in [0.29, 0.717) is 12.2 Å². The highest BCUT2D eigenvalue weighted by Crippen LogP contribution is 2.35. The van der Waals surface area contributed by atoms with Crippen LogP contribution in [0.4, 0.5) is 5.69 Å². The number of phenolic OH excluding ortho intramolecular Hbond substituents is 1. The Morgan fingerprint density at radius 2 is 1.62 bits per heavy atom. The minimum Gasteiger partial charge on any atom is -0.507 e. The molecule has 0 aliphatic rings. The van der Waals surface area contributed by atoms with Gasteiger partial charge in [-0.05, 0) is 6.42 Å². The maximum absolute atomic E-state index is 12.6. The molecule has 6 heteroatoms. The third kappa shape index (κ3) is 6.89. The topological polar surface area (TPSA) is 89.7 Å². The monoisotopic (exact) mass is 399 g/mol. The van der Waals surface area contributed by atoms with Crippen molar-refractivity contribution < 1.29 is 19.6 Å². The number of nitro benzene ring substituents is 1. The standard InChI is InChI=1S/C23H29NO5/c1-2-3-4-5-6-7-8-12-15-29-22-17-21(25)19(16-20(22)24(27)28)23(26)18-13-10-9-11-14-18/h9-11,13-14,16-17,25H,2-8,12,15H2,1H3. The maximum atomic E-state index is 12.6. The van der Waals surface area contributed by atoms with E-state index in [1.165, 1.54) is 38.2 Å². The van der Waals surface area contributed by atoms with Gasteiger partial charge < -0.3 is 9.84 Å². The number of ether oxygens (including phenoxy) is 1. The van der Waals surface area contributed by atoms with Gasteiger partial charge in [0.15, 0.2) is 5.78 Å². The fourth-order valence-electron chi connectivity index (χ4n) is 3.16. The summed E-state index contributed by atoms with van der Waals surface area (Å²) in [6.07, 6.45) is 9.11. The molecule has 2 aromatic rings. The largest absolute Gasteiger partial charge is 0.507 e. The number of nitro groups is 1. The summed E-state index contributed by atoms with van der Waals surface area (Å²) in [6, 6.07) is 10.6. The number of hydrogen-bond acceptors (Lipinski definition) is 5. The highest BCUT2D eigenvalue weighted by molar-refractivity contribution is 6.11. The lowest BCUT2D eigenvalue weighted by atomic mass is 10.0. The molecule has 0 fully saturated rings. The van der Waals surface area contributed by atoms with Crippen LogP contribution in [-0.4, -0.2) is 22.4 Å². The maximum Gasteiger partial charge on any atom is 0.311 e. The number of phenols is 1. The molecule has 6 nitrogen and oxygen atoms in total. The van der Waals surface area contributed by atoms with Crippen molar-refractivity contribution in [2.75, 3.05) is 6.61 Å². The zero-order chi connectivity index (χ0) is 21.1. The molecule has 0 atom stereocenters. The summed E-state index contributed by atoms with van der Waals surface area (Å²) >= 11 is 0. The zero-order valence-electron chi connectivity index (χ0n) is 16.9. The first-order chi connectivity index (χ1) is 14.0. The molecule has 0 aliphatic carbocycles. The van der Waals surface area contributed by atoms with E-state index in [9.17, 15) is 20.0 Å². The van der Waals surface area contributed by atoms with Gasteiger partial charge in [0.1, 0.15) is 5.75 Å². The van der Waals surface area contributed by atoms with Crippen LogP contribution in [0.15, 0.2) is 42.5 Å². The summed E-state index contributed by atoms with van der Waals surface area (Å²) in [4.78, 5) is 23.4. The molecule has 29 heavy (non-hydrogen) atoms. The molecule has 0 bridgehead atoms. The number of rotatable bonds is 13. The van der Waals surface area contributed by atoms with E-state index in [0.717, 1.165) is 25.3 Å². The van der Waals surface area contributed by atoms with Gasteiger partial charge in [-0.15, -0.1) is 0 Å². The van der Waals surface area contributed by atoms with Crippen LogP contribution in [0.2, 0.25) is 0 Å². The lowest BCUT2D eigenvalue weighted by molar-refractivity contribution is -0.385. The molecular formula is C23H29NO5. The van der Waals surface area contributed by atoms with Crippen molar-refractivity contribution in [2.45, 2.75) is 58.3 Å². The summed E-state index contributed by atoms with van der Waals surface area (Å²) in [6.45, 7) is 2.53. The van der Waals surface area contributed by atoms with Crippen molar-refractivity contribution in [1.82, 2.24) is 0 Å². The first-order valence-corrected chi connectivity index (χ1v) is 10.3. The molecule has 0 amide bonds. The summed E-state index contributed by atoms with van der Waals surface area (Å²) in [5.74, 6) is -0.809. The Kier molecular flexibility index (Phi) is 9.15. The van der Waals surface area contributed by atoms with Gasteiger partial charge in [-0.3, -0.25) is 14.9 Å². The van der Waals surface area contributed by atoms with Gasteiger partial charge >= 0.3 is 5.69 Å². The van der Waals surface area contributed by atoms with Crippen LogP contribution >= 0.6 is 0 Å². The van der Waals surface area contributed by atoms with E-state index >= 15 is 0 Å². The Hall–Kier alpha value is -2.89. The number of hydrogen-bond donors (Lipinski definition) is 1. The Balaban J connectivity index is 1.96. The molecule has 0 aliphatic heterocycles. The van der Waals surface area contributed by atoms with Gasteiger partial charge in [-0.2, -0.15) is 0 Å². The molecule has 0 saturated carbocycles. The van der Waals surface area contributed by atoms with Crippen molar-refractivity contribution in [3.63, 3.8) is 0 Å². The lowest BCUT2D eigenvalue weighted by Gasteiger charge is -2.10. The van der Waals surface area contributed by atoms with E-state index in [-0.39, 0.29) is 22.7 Å². The van der Waals surface area contributed by atoms with E-state index in [2.05, 4.69) is 6.92 Å². The highest BCUT2D eigenvalue weighted by atomic mass is 16.6. The van der Waals surface area contributed by atoms with Crippen LogP contribution < -0.4 is 4.74 Å². The van der Waals surface area contributed by atoms with Crippen molar-refractivity contribution in [2.24, 2.45) is 0 Å². The summed E-state index contributed by atoms with van der Waals surface area (Å²) in [5.41, 5.74) is -0.0753. The summed E-state index contributed by atoms with van der Waals surface area (Å²) < 4.78 is 5.55. The number of aromatic hydroxyl groups is 1. The molecule has 0 radical (unpaired) electrons. The van der Waals surface area contributed by atoms with Gasteiger partial charge in [-0.1, -0.05) is 82.2 Å². The molecule has 0 saturated heterocycles. The first-order valence-electron chi connectivity index (χ1n) is 10.3. The van der Waals surface area contributed by atoms with Crippen LogP contribution in [-0.2, 0) is 0 Å². The normalized spacial score (nSPS) is 10.7. The predicted octanol–water partition coefficient (Wildman–Crippen LogP) is 6.05. The smallest absolute Gasteiger partial charge is 0.311 e. The summed E-state index contributed by atoms with van der Waals surface area (Å²) in [5, 5.41) is 21.7. The molecule has 2 aromatic carbocycles. The average Bonchev–Trinajstić information content (AvgIpc) is 2.72.